The SMILES string of the molecule is COCOC(=O)C1=CS[C@@H]2CC(=O)N12. The quantitative estimate of drug-likeness (QED) is 0.384. The molecule has 0 spiro atoms. The molecule has 0 bridgehead atoms. The Morgan fingerprint density at radius 1 is 1.79 bits per heavy atom. The first-order chi connectivity index (χ1) is 6.74. The number of carbonyl (C=O) groups excluding carboxylic acids is 2. The van der Waals surface area contributed by atoms with Gasteiger partial charge in [-0.3, -0.25) is 9.69 Å². The van der Waals surface area contributed by atoms with Gasteiger partial charge in [-0.1, -0.05) is 0 Å². The lowest BCUT2D eigenvalue weighted by Gasteiger charge is -2.34. The molecule has 0 aliphatic carbocycles. The van der Waals surface area contributed by atoms with Crippen molar-refractivity contribution in [3.63, 3.8) is 0 Å². The molecule has 14 heavy (non-hydrogen) atoms. The number of methoxy groups -OCH3 is 1. The van der Waals surface area contributed by atoms with Crippen molar-refractivity contribution >= 4 is 23.6 Å². The topological polar surface area (TPSA) is 55.8 Å². The Labute approximate surface area is 85.0 Å². The molecule has 0 aromatic rings. The van der Waals surface area contributed by atoms with Crippen molar-refractivity contribution in [2.45, 2.75) is 11.8 Å². The van der Waals surface area contributed by atoms with Crippen LogP contribution in [0.25, 0.3) is 0 Å². The number of thioether (sulfide) groups is 1. The Morgan fingerprint density at radius 2 is 2.57 bits per heavy atom. The van der Waals surface area contributed by atoms with E-state index in [-0.39, 0.29) is 18.1 Å². The van der Waals surface area contributed by atoms with Gasteiger partial charge in [0.15, 0.2) is 6.79 Å². The van der Waals surface area contributed by atoms with Crippen molar-refractivity contribution < 1.29 is 19.1 Å². The largest absolute Gasteiger partial charge is 0.434 e. The second-order valence-corrected chi connectivity index (χ2v) is 3.95. The molecule has 0 radical (unpaired) electrons. The van der Waals surface area contributed by atoms with E-state index in [1.165, 1.54) is 23.8 Å². The van der Waals surface area contributed by atoms with E-state index in [0.29, 0.717) is 12.1 Å². The van der Waals surface area contributed by atoms with E-state index in [4.69, 9.17) is 4.74 Å². The van der Waals surface area contributed by atoms with Crippen LogP contribution in [0.1, 0.15) is 6.42 Å². The fourth-order valence-corrected chi connectivity index (χ4v) is 2.41. The Balaban J connectivity index is 1.98. The Morgan fingerprint density at radius 3 is 3.21 bits per heavy atom. The summed E-state index contributed by atoms with van der Waals surface area (Å²) < 4.78 is 9.34. The zero-order valence-electron chi connectivity index (χ0n) is 7.56. The summed E-state index contributed by atoms with van der Waals surface area (Å²) in [4.78, 5) is 24.0. The Bertz CT molecular complexity index is 314. The monoisotopic (exact) mass is 215 g/mol. The highest BCUT2D eigenvalue weighted by Gasteiger charge is 2.45. The number of hydrogen-bond donors (Lipinski definition) is 0. The molecular weight excluding hydrogens is 206 g/mol. The van der Waals surface area contributed by atoms with Crippen LogP contribution in [-0.4, -0.2) is 36.1 Å². The standard InChI is InChI=1S/C8H9NO4S/c1-12-4-13-8(11)5-3-14-7-2-6(10)9(5)7/h3,7H,2,4H2,1H3/t7-/m1/s1. The molecule has 0 aromatic carbocycles. The maximum Gasteiger partial charge on any atom is 0.357 e. The fraction of sp³-hybridized carbons (Fsp3) is 0.500. The second-order valence-electron chi connectivity index (χ2n) is 2.90. The zero-order valence-corrected chi connectivity index (χ0v) is 8.37. The number of amides is 1. The summed E-state index contributed by atoms with van der Waals surface area (Å²) in [6, 6.07) is 0. The van der Waals surface area contributed by atoms with Crippen LogP contribution in [-0.2, 0) is 19.1 Å². The molecule has 6 heteroatoms. The van der Waals surface area contributed by atoms with Gasteiger partial charge in [-0.25, -0.2) is 4.79 Å². The van der Waals surface area contributed by atoms with E-state index in [1.807, 2.05) is 0 Å². The molecule has 2 rings (SSSR count). The van der Waals surface area contributed by atoms with Crippen LogP contribution in [0.15, 0.2) is 11.1 Å². The van der Waals surface area contributed by atoms with E-state index in [1.54, 1.807) is 5.41 Å². The van der Waals surface area contributed by atoms with E-state index >= 15 is 0 Å². The number of nitrogens with zero attached hydrogens (tertiary/aromatic N) is 1. The first kappa shape index (κ1) is 9.54. The summed E-state index contributed by atoms with van der Waals surface area (Å²) in [6.07, 6.45) is 0.502. The van der Waals surface area contributed by atoms with Gasteiger partial charge in [-0.15, -0.1) is 11.8 Å². The summed E-state index contributed by atoms with van der Waals surface area (Å²) in [5.41, 5.74) is 0.327. The predicted molar refractivity (Wildman–Crippen MR) is 48.9 cm³/mol. The van der Waals surface area contributed by atoms with E-state index in [9.17, 15) is 9.59 Å². The average molecular weight is 215 g/mol. The van der Waals surface area contributed by atoms with E-state index < -0.39 is 5.97 Å². The van der Waals surface area contributed by atoms with Crippen molar-refractivity contribution in [1.29, 1.82) is 0 Å². The predicted octanol–water partition coefficient (Wildman–Crippen LogP) is 0.280. The van der Waals surface area contributed by atoms with Gasteiger partial charge in [0.05, 0.1) is 11.8 Å². The highest BCUT2D eigenvalue weighted by atomic mass is 32.2. The van der Waals surface area contributed by atoms with Gasteiger partial charge in [-0.05, 0) is 0 Å². The summed E-state index contributed by atoms with van der Waals surface area (Å²) >= 11 is 1.47. The van der Waals surface area contributed by atoms with Crippen LogP contribution >= 0.6 is 11.8 Å². The van der Waals surface area contributed by atoms with Gasteiger partial charge >= 0.3 is 5.97 Å². The van der Waals surface area contributed by atoms with Gasteiger partial charge < -0.3 is 9.47 Å². The van der Waals surface area contributed by atoms with E-state index in [0.717, 1.165) is 0 Å². The molecular formula is C8H9NO4S. The normalized spacial score (nSPS) is 24.1. The van der Waals surface area contributed by atoms with Crippen molar-refractivity contribution in [3.05, 3.63) is 11.1 Å². The molecule has 1 fully saturated rings. The zero-order chi connectivity index (χ0) is 10.1. The lowest BCUT2D eigenvalue weighted by Crippen LogP contribution is -2.48. The number of esters is 1. The molecule has 1 atom stereocenters. The number of carbonyl (C=O) groups is 2. The molecule has 2 aliphatic rings. The van der Waals surface area contributed by atoms with Crippen LogP contribution in [0.2, 0.25) is 0 Å². The minimum atomic E-state index is -0.505. The first-order valence-corrected chi connectivity index (χ1v) is 5.02. The maximum atomic E-state index is 11.4. The minimum absolute atomic E-state index is 0.0272. The second kappa shape index (κ2) is 3.62. The molecule has 0 N–H and O–H groups in total. The third-order valence-corrected chi connectivity index (χ3v) is 3.07. The summed E-state index contributed by atoms with van der Waals surface area (Å²) in [7, 11) is 1.43. The summed E-state index contributed by atoms with van der Waals surface area (Å²) in [5.74, 6) is -0.532. The molecule has 5 nitrogen and oxygen atoms in total. The highest BCUT2D eigenvalue weighted by Crippen LogP contribution is 2.40. The van der Waals surface area contributed by atoms with Crippen LogP contribution < -0.4 is 0 Å². The van der Waals surface area contributed by atoms with Crippen LogP contribution in [0.5, 0.6) is 0 Å². The molecule has 2 aliphatic heterocycles. The minimum Gasteiger partial charge on any atom is -0.434 e. The Kier molecular flexibility index (Phi) is 2.47. The number of ether oxygens (including phenoxy) is 2. The molecule has 0 saturated carbocycles. The van der Waals surface area contributed by atoms with E-state index in [2.05, 4.69) is 4.74 Å². The molecule has 1 amide bonds. The van der Waals surface area contributed by atoms with Crippen molar-refractivity contribution in [3.8, 4) is 0 Å². The third kappa shape index (κ3) is 1.40. The molecule has 0 aromatic heterocycles. The van der Waals surface area contributed by atoms with Gasteiger partial charge in [0.2, 0.25) is 5.91 Å². The van der Waals surface area contributed by atoms with Gasteiger partial charge in [0, 0.05) is 12.5 Å². The lowest BCUT2D eigenvalue weighted by atomic mass is 10.2. The molecule has 2 heterocycles. The number of rotatable bonds is 3. The summed E-state index contributed by atoms with van der Waals surface area (Å²) in [6.45, 7) is -0.0897. The van der Waals surface area contributed by atoms with Gasteiger partial charge in [0.25, 0.3) is 0 Å². The van der Waals surface area contributed by atoms with Crippen molar-refractivity contribution in [2.24, 2.45) is 0 Å². The Hall–Kier alpha value is -1.01. The molecule has 76 valence electrons. The smallest absolute Gasteiger partial charge is 0.357 e. The fourth-order valence-electron chi connectivity index (χ4n) is 1.32. The van der Waals surface area contributed by atoms with Crippen molar-refractivity contribution in [1.82, 2.24) is 4.90 Å². The van der Waals surface area contributed by atoms with Crippen LogP contribution in [0.3, 0.4) is 0 Å². The molecule has 0 unspecified atom stereocenters. The third-order valence-electron chi connectivity index (χ3n) is 2.02. The number of β-lactam (4-membered cyclic amide) rings is 1. The van der Waals surface area contributed by atoms with Crippen molar-refractivity contribution in [2.75, 3.05) is 13.9 Å². The lowest BCUT2D eigenvalue weighted by molar-refractivity contribution is -0.155. The maximum absolute atomic E-state index is 11.4. The first-order valence-electron chi connectivity index (χ1n) is 4.08. The van der Waals surface area contributed by atoms with Crippen LogP contribution in [0.4, 0.5) is 0 Å². The van der Waals surface area contributed by atoms with Gasteiger partial charge in [-0.2, -0.15) is 0 Å². The molecule has 1 saturated heterocycles. The van der Waals surface area contributed by atoms with Gasteiger partial charge in [0.1, 0.15) is 5.70 Å². The average Bonchev–Trinajstić information content (AvgIpc) is 2.51. The highest BCUT2D eigenvalue weighted by molar-refractivity contribution is 8.03. The summed E-state index contributed by atoms with van der Waals surface area (Å²) in [5, 5.41) is 1.76. The number of fused-ring (bicyclic) bond motifs is 1. The number of hydrogen-bond acceptors (Lipinski definition) is 5. The van der Waals surface area contributed by atoms with Crippen LogP contribution in [0, 0.1) is 0 Å².